The van der Waals surface area contributed by atoms with Crippen molar-refractivity contribution in [3.05, 3.63) is 68.5 Å². The summed E-state index contributed by atoms with van der Waals surface area (Å²) in [6.07, 6.45) is 0.883. The molecule has 3 rings (SSSR count). The van der Waals surface area contributed by atoms with Gasteiger partial charge in [0.05, 0.1) is 24.9 Å². The predicted molar refractivity (Wildman–Crippen MR) is 127 cm³/mol. The normalized spacial score (nSPS) is 24.1. The number of hydrogen-bond acceptors (Lipinski definition) is 5. The molecule has 0 amide bonds. The van der Waals surface area contributed by atoms with Crippen LogP contribution in [-0.2, 0) is 15.8 Å². The Morgan fingerprint density at radius 1 is 1.19 bits per heavy atom. The highest BCUT2D eigenvalue weighted by Crippen LogP contribution is 2.41. The summed E-state index contributed by atoms with van der Waals surface area (Å²) >= 11 is 0. The van der Waals surface area contributed by atoms with Crippen LogP contribution >= 0.6 is 0 Å². The molecule has 1 aliphatic rings. The number of aromatic amines is 1. The maximum Gasteiger partial charge on any atom is 0.328 e. The number of aromatic nitrogens is 2. The molecule has 0 aliphatic heterocycles. The van der Waals surface area contributed by atoms with Gasteiger partial charge in [0.15, 0.2) is 8.32 Å². The number of hydrogen-bond donors (Lipinski definition) is 2. The number of aryl methyl sites for hydroxylation is 1. The standard InChI is InChI=1S/C24H36N2O5Si/c1-16-13-26(23(29)25-22(16)28)19-12-20(30-14-17-10-8-7-9-11-17)18(21(19)27)15-31-32(5,6)24(2,3)4/h7-11,13,18-21,27H,12,14-15H2,1-6H3,(H,25,28,29)/t18-,19+,20+,21+/m1/s1. The largest absolute Gasteiger partial charge is 0.416 e. The lowest BCUT2D eigenvalue weighted by molar-refractivity contribution is -0.0260. The van der Waals surface area contributed by atoms with E-state index in [0.29, 0.717) is 25.2 Å². The minimum atomic E-state index is -2.03. The number of nitrogens with one attached hydrogen (secondary N) is 1. The summed E-state index contributed by atoms with van der Waals surface area (Å²) in [6.45, 7) is 13.3. The SMILES string of the molecule is Cc1cn([C@H]2C[C@H](OCc3ccccc3)[C@@H](CO[Si](C)(C)C(C)(C)C)[C@@H]2O)c(=O)[nH]c1=O. The smallest absolute Gasteiger partial charge is 0.328 e. The average Bonchev–Trinajstić information content (AvgIpc) is 3.03. The van der Waals surface area contributed by atoms with Gasteiger partial charge in [0.1, 0.15) is 0 Å². The molecule has 32 heavy (non-hydrogen) atoms. The van der Waals surface area contributed by atoms with Gasteiger partial charge in [-0.25, -0.2) is 4.79 Å². The quantitative estimate of drug-likeness (QED) is 0.618. The van der Waals surface area contributed by atoms with Gasteiger partial charge in [-0.3, -0.25) is 14.3 Å². The van der Waals surface area contributed by atoms with E-state index in [9.17, 15) is 14.7 Å². The van der Waals surface area contributed by atoms with E-state index in [2.05, 4.69) is 38.8 Å². The first-order chi connectivity index (χ1) is 14.9. The van der Waals surface area contributed by atoms with Gasteiger partial charge in [0.2, 0.25) is 0 Å². The van der Waals surface area contributed by atoms with Crippen molar-refractivity contribution < 1.29 is 14.3 Å². The minimum absolute atomic E-state index is 0.0450. The molecular formula is C24H36N2O5Si. The molecule has 2 aromatic rings. The Morgan fingerprint density at radius 2 is 1.84 bits per heavy atom. The molecule has 0 radical (unpaired) electrons. The molecular weight excluding hydrogens is 424 g/mol. The van der Waals surface area contributed by atoms with Crippen molar-refractivity contribution >= 4 is 8.32 Å². The summed E-state index contributed by atoms with van der Waals surface area (Å²) in [5.74, 6) is -0.281. The first-order valence-corrected chi connectivity index (χ1v) is 14.1. The van der Waals surface area contributed by atoms with Gasteiger partial charge in [0.25, 0.3) is 5.56 Å². The number of rotatable bonds is 7. The first kappa shape index (κ1) is 24.6. The van der Waals surface area contributed by atoms with Crippen molar-refractivity contribution in [3.8, 4) is 0 Å². The monoisotopic (exact) mass is 460 g/mol. The van der Waals surface area contributed by atoms with Gasteiger partial charge < -0.3 is 14.3 Å². The third-order valence-electron chi connectivity index (χ3n) is 7.04. The fourth-order valence-corrected chi connectivity index (χ4v) is 4.91. The van der Waals surface area contributed by atoms with Crippen LogP contribution in [0.5, 0.6) is 0 Å². The number of ether oxygens (including phenoxy) is 1. The molecule has 1 heterocycles. The molecule has 176 valence electrons. The molecule has 0 spiro atoms. The van der Waals surface area contributed by atoms with Crippen molar-refractivity contribution in [2.75, 3.05) is 6.61 Å². The number of benzene rings is 1. The number of nitrogens with zero attached hydrogens (tertiary/aromatic N) is 1. The third kappa shape index (κ3) is 5.31. The zero-order valence-electron chi connectivity index (χ0n) is 19.9. The van der Waals surface area contributed by atoms with Crippen molar-refractivity contribution in [1.29, 1.82) is 0 Å². The van der Waals surface area contributed by atoms with Gasteiger partial charge in [-0.05, 0) is 37.0 Å². The number of aliphatic hydroxyl groups is 1. The lowest BCUT2D eigenvalue weighted by atomic mass is 10.0. The zero-order chi connectivity index (χ0) is 23.7. The fourth-order valence-electron chi connectivity index (χ4n) is 3.86. The van der Waals surface area contributed by atoms with Crippen LogP contribution in [0.2, 0.25) is 18.1 Å². The molecule has 4 atom stereocenters. The Hall–Kier alpha value is -2.00. The van der Waals surface area contributed by atoms with Crippen LogP contribution in [0.15, 0.2) is 46.1 Å². The van der Waals surface area contributed by atoms with Crippen LogP contribution < -0.4 is 11.2 Å². The van der Waals surface area contributed by atoms with Crippen LogP contribution in [-0.4, -0.2) is 41.8 Å². The summed E-state index contributed by atoms with van der Waals surface area (Å²) in [4.78, 5) is 26.7. The third-order valence-corrected chi connectivity index (χ3v) is 11.5. The maximum atomic E-state index is 12.5. The van der Waals surface area contributed by atoms with Gasteiger partial charge in [0, 0.05) is 24.3 Å². The van der Waals surface area contributed by atoms with Crippen molar-refractivity contribution in [2.45, 2.75) is 77.1 Å². The second kappa shape index (κ2) is 9.47. The summed E-state index contributed by atoms with van der Waals surface area (Å²) in [6, 6.07) is 9.39. The van der Waals surface area contributed by atoms with E-state index >= 15 is 0 Å². The molecule has 0 unspecified atom stereocenters. The lowest BCUT2D eigenvalue weighted by Gasteiger charge is -2.38. The van der Waals surface area contributed by atoms with Gasteiger partial charge in [-0.15, -0.1) is 0 Å². The molecule has 1 aliphatic carbocycles. The van der Waals surface area contributed by atoms with Crippen molar-refractivity contribution in [1.82, 2.24) is 9.55 Å². The summed E-state index contributed by atoms with van der Waals surface area (Å²) in [5.41, 5.74) is 0.553. The van der Waals surface area contributed by atoms with Crippen LogP contribution in [0.4, 0.5) is 0 Å². The van der Waals surface area contributed by atoms with Gasteiger partial charge in [-0.2, -0.15) is 0 Å². The van der Waals surface area contributed by atoms with Crippen molar-refractivity contribution in [2.24, 2.45) is 5.92 Å². The van der Waals surface area contributed by atoms with E-state index in [-0.39, 0.29) is 17.1 Å². The molecule has 8 heteroatoms. The van der Waals surface area contributed by atoms with E-state index in [1.807, 2.05) is 30.3 Å². The zero-order valence-corrected chi connectivity index (χ0v) is 20.9. The Morgan fingerprint density at radius 3 is 2.47 bits per heavy atom. The molecule has 1 aromatic heterocycles. The van der Waals surface area contributed by atoms with Gasteiger partial charge in [-0.1, -0.05) is 51.1 Å². The van der Waals surface area contributed by atoms with Gasteiger partial charge >= 0.3 is 5.69 Å². The minimum Gasteiger partial charge on any atom is -0.416 e. The van der Waals surface area contributed by atoms with Crippen LogP contribution in [0.3, 0.4) is 0 Å². The molecule has 1 saturated carbocycles. The first-order valence-electron chi connectivity index (χ1n) is 11.2. The molecule has 0 saturated heterocycles. The molecule has 2 N–H and O–H groups in total. The Kier molecular flexibility index (Phi) is 7.29. The predicted octanol–water partition coefficient (Wildman–Crippen LogP) is 3.37. The Labute approximate surface area is 190 Å². The Balaban J connectivity index is 1.85. The number of H-pyrrole nitrogens is 1. The topological polar surface area (TPSA) is 93.6 Å². The van der Waals surface area contributed by atoms with E-state index in [4.69, 9.17) is 9.16 Å². The highest BCUT2D eigenvalue weighted by Gasteiger charge is 2.46. The summed E-state index contributed by atoms with van der Waals surface area (Å²) in [5, 5.41) is 11.3. The van der Waals surface area contributed by atoms with E-state index < -0.39 is 31.7 Å². The maximum absolute atomic E-state index is 12.5. The molecule has 1 aromatic carbocycles. The summed E-state index contributed by atoms with van der Waals surface area (Å²) < 4.78 is 14.1. The highest BCUT2D eigenvalue weighted by atomic mass is 28.4. The highest BCUT2D eigenvalue weighted by molar-refractivity contribution is 6.74. The van der Waals surface area contributed by atoms with E-state index in [1.54, 1.807) is 6.92 Å². The Bertz CT molecular complexity index is 1030. The fraction of sp³-hybridized carbons (Fsp3) is 0.583. The van der Waals surface area contributed by atoms with Crippen LogP contribution in [0.1, 0.15) is 44.4 Å². The van der Waals surface area contributed by atoms with Crippen LogP contribution in [0, 0.1) is 12.8 Å². The molecule has 7 nitrogen and oxygen atoms in total. The van der Waals surface area contributed by atoms with Crippen LogP contribution in [0.25, 0.3) is 0 Å². The van der Waals surface area contributed by atoms with Crippen molar-refractivity contribution in [3.63, 3.8) is 0 Å². The second-order valence-electron chi connectivity index (χ2n) is 10.3. The summed E-state index contributed by atoms with van der Waals surface area (Å²) in [7, 11) is -2.03. The lowest BCUT2D eigenvalue weighted by Crippen LogP contribution is -2.44. The molecule has 1 fully saturated rings. The van der Waals surface area contributed by atoms with E-state index in [0.717, 1.165) is 5.56 Å². The number of aliphatic hydroxyl groups excluding tert-OH is 1. The average molecular weight is 461 g/mol. The van der Waals surface area contributed by atoms with E-state index in [1.165, 1.54) is 10.8 Å². The second-order valence-corrected chi connectivity index (χ2v) is 15.2. The molecule has 0 bridgehead atoms.